The van der Waals surface area contributed by atoms with E-state index in [2.05, 4.69) is 25.5 Å². The van der Waals surface area contributed by atoms with E-state index in [0.29, 0.717) is 17.0 Å². The molecular formula is C16H13F2N7. The van der Waals surface area contributed by atoms with Crippen molar-refractivity contribution in [1.29, 1.82) is 0 Å². The monoisotopic (exact) mass is 341 g/mol. The Hall–Kier alpha value is -3.36. The van der Waals surface area contributed by atoms with Gasteiger partial charge in [0.25, 0.3) is 0 Å². The van der Waals surface area contributed by atoms with Crippen molar-refractivity contribution in [2.75, 3.05) is 5.32 Å². The summed E-state index contributed by atoms with van der Waals surface area (Å²) in [6, 6.07) is 4.06. The van der Waals surface area contributed by atoms with Gasteiger partial charge in [-0.05, 0) is 6.07 Å². The van der Waals surface area contributed by atoms with Gasteiger partial charge in [0.15, 0.2) is 17.3 Å². The Morgan fingerprint density at radius 2 is 2.00 bits per heavy atom. The van der Waals surface area contributed by atoms with Crippen LogP contribution in [0.3, 0.4) is 0 Å². The summed E-state index contributed by atoms with van der Waals surface area (Å²) in [5.41, 5.74) is 1.46. The zero-order valence-corrected chi connectivity index (χ0v) is 13.2. The van der Waals surface area contributed by atoms with Crippen LogP contribution in [0, 0.1) is 11.6 Å². The van der Waals surface area contributed by atoms with Crippen LogP contribution < -0.4 is 5.32 Å². The molecule has 1 N–H and O–H groups in total. The third-order valence-corrected chi connectivity index (χ3v) is 3.69. The van der Waals surface area contributed by atoms with Crippen LogP contribution in [0.15, 0.2) is 43.0 Å². The van der Waals surface area contributed by atoms with Crippen molar-refractivity contribution in [3.63, 3.8) is 0 Å². The Balaban J connectivity index is 1.67. The molecule has 1 aromatic carbocycles. The van der Waals surface area contributed by atoms with Gasteiger partial charge in [0.05, 0.1) is 30.0 Å². The average Bonchev–Trinajstić information content (AvgIpc) is 3.18. The normalized spacial score (nSPS) is 11.2. The van der Waals surface area contributed by atoms with E-state index in [1.54, 1.807) is 36.5 Å². The second kappa shape index (κ2) is 5.93. The molecule has 3 aromatic heterocycles. The van der Waals surface area contributed by atoms with Gasteiger partial charge < -0.3 is 5.32 Å². The van der Waals surface area contributed by atoms with E-state index >= 15 is 0 Å². The van der Waals surface area contributed by atoms with Crippen LogP contribution >= 0.6 is 0 Å². The minimum atomic E-state index is -0.887. The summed E-state index contributed by atoms with van der Waals surface area (Å²) in [5.74, 6) is -1.40. The van der Waals surface area contributed by atoms with Gasteiger partial charge in [-0.2, -0.15) is 15.2 Å². The van der Waals surface area contributed by atoms with E-state index in [1.165, 1.54) is 16.8 Å². The fourth-order valence-electron chi connectivity index (χ4n) is 2.49. The largest absolute Gasteiger partial charge is 0.321 e. The molecule has 9 heteroatoms. The molecule has 126 valence electrons. The summed E-state index contributed by atoms with van der Waals surface area (Å²) < 4.78 is 30.4. The van der Waals surface area contributed by atoms with Crippen molar-refractivity contribution in [2.24, 2.45) is 7.05 Å². The molecule has 0 aliphatic rings. The second-order valence-electron chi connectivity index (χ2n) is 5.52. The molecule has 0 spiro atoms. The summed E-state index contributed by atoms with van der Waals surface area (Å²) in [7, 11) is 1.80. The zero-order chi connectivity index (χ0) is 17.4. The maximum absolute atomic E-state index is 13.9. The lowest BCUT2D eigenvalue weighted by molar-refractivity contribution is 0.493. The van der Waals surface area contributed by atoms with E-state index < -0.39 is 11.6 Å². The maximum atomic E-state index is 13.9. The average molecular weight is 341 g/mol. The minimum absolute atomic E-state index is 0.0659. The van der Waals surface area contributed by atoms with Gasteiger partial charge >= 0.3 is 0 Å². The van der Waals surface area contributed by atoms with Crippen LogP contribution in [-0.2, 0) is 13.6 Å². The molecule has 0 aliphatic heterocycles. The lowest BCUT2D eigenvalue weighted by Gasteiger charge is -2.06. The summed E-state index contributed by atoms with van der Waals surface area (Å²) in [6.07, 6.45) is 6.63. The highest BCUT2D eigenvalue weighted by molar-refractivity contribution is 5.75. The summed E-state index contributed by atoms with van der Waals surface area (Å²) in [4.78, 5) is 8.63. The molecule has 7 nitrogen and oxygen atoms in total. The Kier molecular flexibility index (Phi) is 3.60. The number of fused-ring (bicyclic) bond motifs is 1. The van der Waals surface area contributed by atoms with Crippen molar-refractivity contribution in [2.45, 2.75) is 6.54 Å². The topological polar surface area (TPSA) is 73.5 Å². The molecule has 0 saturated carbocycles. The number of rotatable bonds is 4. The Labute approximate surface area is 140 Å². The quantitative estimate of drug-likeness (QED) is 0.618. The van der Waals surface area contributed by atoms with Crippen molar-refractivity contribution >= 4 is 22.7 Å². The number of aryl methyl sites for hydroxylation is 1. The number of anilines is 2. The molecule has 0 atom stereocenters. The fourth-order valence-corrected chi connectivity index (χ4v) is 2.49. The highest BCUT2D eigenvalue weighted by Crippen LogP contribution is 2.18. The van der Waals surface area contributed by atoms with Crippen LogP contribution in [0.5, 0.6) is 0 Å². The molecule has 25 heavy (non-hydrogen) atoms. The van der Waals surface area contributed by atoms with Gasteiger partial charge in [0.2, 0.25) is 5.95 Å². The molecule has 0 fully saturated rings. The second-order valence-corrected chi connectivity index (χ2v) is 5.52. The first-order valence-corrected chi connectivity index (χ1v) is 7.47. The molecule has 4 rings (SSSR count). The molecular weight excluding hydrogens is 328 g/mol. The predicted octanol–water partition coefficient (Wildman–Crippen LogP) is 2.63. The van der Waals surface area contributed by atoms with Crippen molar-refractivity contribution in [3.8, 4) is 0 Å². The Morgan fingerprint density at radius 1 is 1.12 bits per heavy atom. The first-order valence-electron chi connectivity index (χ1n) is 7.47. The minimum Gasteiger partial charge on any atom is -0.321 e. The van der Waals surface area contributed by atoms with E-state index in [1.807, 2.05) is 0 Å². The van der Waals surface area contributed by atoms with Gasteiger partial charge in [0, 0.05) is 25.0 Å². The van der Waals surface area contributed by atoms with E-state index in [-0.39, 0.29) is 12.1 Å². The number of benzene rings is 1. The lowest BCUT2D eigenvalue weighted by atomic mass is 10.2. The molecule has 0 radical (unpaired) electrons. The molecule has 0 amide bonds. The zero-order valence-electron chi connectivity index (χ0n) is 13.2. The van der Waals surface area contributed by atoms with Crippen LogP contribution in [0.25, 0.3) is 11.0 Å². The number of hydrogen-bond acceptors (Lipinski definition) is 5. The van der Waals surface area contributed by atoms with Crippen molar-refractivity contribution in [1.82, 2.24) is 29.5 Å². The third-order valence-electron chi connectivity index (χ3n) is 3.69. The van der Waals surface area contributed by atoms with E-state index in [0.717, 1.165) is 11.8 Å². The number of hydrogen-bond donors (Lipinski definition) is 1. The molecule has 0 bridgehead atoms. The first kappa shape index (κ1) is 15.2. The van der Waals surface area contributed by atoms with E-state index in [9.17, 15) is 8.78 Å². The van der Waals surface area contributed by atoms with Gasteiger partial charge in [-0.25, -0.2) is 18.4 Å². The molecule has 4 aromatic rings. The summed E-state index contributed by atoms with van der Waals surface area (Å²) in [6.45, 7) is 0.0659. The number of aromatic nitrogens is 6. The van der Waals surface area contributed by atoms with Crippen LogP contribution in [0.1, 0.15) is 5.56 Å². The highest BCUT2D eigenvalue weighted by atomic mass is 19.2. The third kappa shape index (κ3) is 2.91. The van der Waals surface area contributed by atoms with Crippen LogP contribution in [0.4, 0.5) is 20.4 Å². The first-order chi connectivity index (χ1) is 12.1. The van der Waals surface area contributed by atoms with Crippen LogP contribution in [-0.4, -0.2) is 29.5 Å². The maximum Gasteiger partial charge on any atom is 0.229 e. The lowest BCUT2D eigenvalue weighted by Crippen LogP contribution is -2.06. The van der Waals surface area contributed by atoms with Crippen LogP contribution in [0.2, 0.25) is 0 Å². The number of halogens is 2. The van der Waals surface area contributed by atoms with Gasteiger partial charge in [0.1, 0.15) is 0 Å². The summed E-state index contributed by atoms with van der Waals surface area (Å²) >= 11 is 0. The van der Waals surface area contributed by atoms with Crippen molar-refractivity contribution in [3.05, 3.63) is 60.2 Å². The Bertz CT molecular complexity index is 1050. The standard InChI is InChI=1S/C16H13F2N7/c1-24-9-12(7-20-24)22-16-19-5-11-6-21-25(15(11)23-16)8-10-3-2-4-13(17)14(10)18/h2-7,9H,8H2,1H3,(H,19,22,23). The molecule has 3 heterocycles. The smallest absolute Gasteiger partial charge is 0.229 e. The number of nitrogens with one attached hydrogen (secondary N) is 1. The van der Waals surface area contributed by atoms with Crippen molar-refractivity contribution < 1.29 is 8.78 Å². The van der Waals surface area contributed by atoms with Gasteiger partial charge in [-0.15, -0.1) is 0 Å². The van der Waals surface area contributed by atoms with Gasteiger partial charge in [-0.3, -0.25) is 4.68 Å². The fraction of sp³-hybridized carbons (Fsp3) is 0.125. The summed E-state index contributed by atoms with van der Waals surface area (Å²) in [5, 5.41) is 12.0. The molecule has 0 unspecified atom stereocenters. The Morgan fingerprint density at radius 3 is 2.80 bits per heavy atom. The van der Waals surface area contributed by atoms with E-state index in [4.69, 9.17) is 0 Å². The predicted molar refractivity (Wildman–Crippen MR) is 87.3 cm³/mol. The highest BCUT2D eigenvalue weighted by Gasteiger charge is 2.12. The van der Waals surface area contributed by atoms with Gasteiger partial charge in [-0.1, -0.05) is 12.1 Å². The molecule has 0 saturated heterocycles. The SMILES string of the molecule is Cn1cc(Nc2ncc3cnn(Cc4cccc(F)c4F)c3n2)cn1. The number of nitrogens with zero attached hydrogens (tertiary/aromatic N) is 6. The molecule has 0 aliphatic carbocycles.